The lowest BCUT2D eigenvalue weighted by atomic mass is 10.1. The molecular formula is C10H18O4. The molecule has 0 heterocycles. The van der Waals surface area contributed by atoms with E-state index in [0.29, 0.717) is 6.42 Å². The Bertz CT molecular complexity index is 224. The van der Waals surface area contributed by atoms with Crippen molar-refractivity contribution in [2.75, 3.05) is 14.2 Å². The molecule has 0 aromatic rings. The van der Waals surface area contributed by atoms with Crippen molar-refractivity contribution in [3.8, 4) is 0 Å². The maximum Gasteiger partial charge on any atom is 0.312 e. The van der Waals surface area contributed by atoms with E-state index in [2.05, 4.69) is 9.47 Å². The minimum absolute atomic E-state index is 0.310. The Kier molecular flexibility index (Phi) is 4.60. The molecule has 0 aromatic heterocycles. The summed E-state index contributed by atoms with van der Waals surface area (Å²) in [5, 5.41) is 0. The molecule has 1 aliphatic rings. The summed E-state index contributed by atoms with van der Waals surface area (Å²) in [6.45, 7) is 5.71. The third-order valence-corrected chi connectivity index (χ3v) is 2.37. The molecule has 2 unspecified atom stereocenters. The predicted molar refractivity (Wildman–Crippen MR) is 51.6 cm³/mol. The molecule has 4 heteroatoms. The van der Waals surface area contributed by atoms with E-state index in [4.69, 9.17) is 0 Å². The van der Waals surface area contributed by atoms with Gasteiger partial charge in [-0.2, -0.15) is 0 Å². The zero-order valence-electron chi connectivity index (χ0n) is 9.42. The molecule has 0 aliphatic heterocycles. The van der Waals surface area contributed by atoms with E-state index in [1.54, 1.807) is 6.92 Å². The van der Waals surface area contributed by atoms with Gasteiger partial charge in [0.25, 0.3) is 0 Å². The summed E-state index contributed by atoms with van der Waals surface area (Å²) >= 11 is 0. The van der Waals surface area contributed by atoms with Crippen molar-refractivity contribution in [2.45, 2.75) is 27.2 Å². The zero-order chi connectivity index (χ0) is 11.4. The second-order valence-corrected chi connectivity index (χ2v) is 3.19. The number of carbonyl (C=O) groups is 2. The fourth-order valence-electron chi connectivity index (χ4n) is 1.31. The first kappa shape index (κ1) is 12.9. The monoisotopic (exact) mass is 202 g/mol. The van der Waals surface area contributed by atoms with E-state index in [0.717, 1.165) is 0 Å². The molecule has 0 bridgehead atoms. The molecule has 1 saturated carbocycles. The lowest BCUT2D eigenvalue weighted by molar-refractivity contribution is -0.152. The standard InChI is InChI=1S/C8H12O4.C2H6/c1-8(7(10)12-3)4-5(8)6(9)11-2;1-2/h5H,4H2,1-3H3;1-2H3. The molecule has 0 saturated heterocycles. The third-order valence-electron chi connectivity index (χ3n) is 2.37. The maximum absolute atomic E-state index is 11.1. The highest BCUT2D eigenvalue weighted by Crippen LogP contribution is 2.53. The molecule has 82 valence electrons. The minimum Gasteiger partial charge on any atom is -0.469 e. The summed E-state index contributed by atoms with van der Waals surface area (Å²) in [5.41, 5.74) is -0.637. The summed E-state index contributed by atoms with van der Waals surface area (Å²) in [5.74, 6) is -0.976. The fourth-order valence-corrected chi connectivity index (χ4v) is 1.31. The fraction of sp³-hybridized carbons (Fsp3) is 0.800. The van der Waals surface area contributed by atoms with Gasteiger partial charge in [-0.3, -0.25) is 9.59 Å². The van der Waals surface area contributed by atoms with Gasteiger partial charge >= 0.3 is 11.9 Å². The second-order valence-electron chi connectivity index (χ2n) is 3.19. The Balaban J connectivity index is 0.000000791. The average Bonchev–Trinajstić information content (AvgIpc) is 2.93. The van der Waals surface area contributed by atoms with Crippen LogP contribution in [0.25, 0.3) is 0 Å². The summed E-state index contributed by atoms with van der Waals surface area (Å²) in [6, 6.07) is 0. The summed E-state index contributed by atoms with van der Waals surface area (Å²) in [6.07, 6.45) is 0.534. The van der Waals surface area contributed by atoms with Gasteiger partial charge in [0.05, 0.1) is 25.6 Å². The molecule has 0 amide bonds. The van der Waals surface area contributed by atoms with Crippen LogP contribution in [0.15, 0.2) is 0 Å². The summed E-state index contributed by atoms with van der Waals surface area (Å²) in [4.78, 5) is 22.1. The Morgan fingerprint density at radius 3 is 2.07 bits per heavy atom. The minimum atomic E-state index is -0.637. The zero-order valence-corrected chi connectivity index (χ0v) is 9.42. The van der Waals surface area contributed by atoms with Crippen LogP contribution in [0.3, 0.4) is 0 Å². The van der Waals surface area contributed by atoms with Crippen LogP contribution in [0.2, 0.25) is 0 Å². The third kappa shape index (κ3) is 2.25. The van der Waals surface area contributed by atoms with Gasteiger partial charge < -0.3 is 9.47 Å². The molecule has 1 rings (SSSR count). The van der Waals surface area contributed by atoms with Crippen LogP contribution < -0.4 is 0 Å². The van der Waals surface area contributed by atoms with Gasteiger partial charge in [0.2, 0.25) is 0 Å². The van der Waals surface area contributed by atoms with Crippen molar-refractivity contribution < 1.29 is 19.1 Å². The largest absolute Gasteiger partial charge is 0.469 e. The molecule has 2 atom stereocenters. The molecule has 0 radical (unpaired) electrons. The van der Waals surface area contributed by atoms with Crippen LogP contribution >= 0.6 is 0 Å². The van der Waals surface area contributed by atoms with Gasteiger partial charge in [0.1, 0.15) is 0 Å². The molecule has 0 aromatic carbocycles. The first-order valence-corrected chi connectivity index (χ1v) is 4.72. The van der Waals surface area contributed by atoms with Crippen LogP contribution in [0.1, 0.15) is 27.2 Å². The van der Waals surface area contributed by atoms with E-state index in [1.165, 1.54) is 14.2 Å². The van der Waals surface area contributed by atoms with E-state index in [1.807, 2.05) is 13.8 Å². The topological polar surface area (TPSA) is 52.6 Å². The molecule has 1 fully saturated rings. The Morgan fingerprint density at radius 1 is 1.21 bits per heavy atom. The van der Waals surface area contributed by atoms with Gasteiger partial charge in [0.15, 0.2) is 0 Å². The highest BCUT2D eigenvalue weighted by molar-refractivity contribution is 5.90. The van der Waals surface area contributed by atoms with Gasteiger partial charge in [-0.05, 0) is 13.3 Å². The van der Waals surface area contributed by atoms with E-state index in [9.17, 15) is 9.59 Å². The average molecular weight is 202 g/mol. The molecule has 1 aliphatic carbocycles. The lowest BCUT2D eigenvalue weighted by Crippen LogP contribution is -2.20. The van der Waals surface area contributed by atoms with Gasteiger partial charge in [-0.25, -0.2) is 0 Å². The number of ether oxygens (including phenoxy) is 2. The quantitative estimate of drug-likeness (QED) is 0.635. The Labute approximate surface area is 84.6 Å². The lowest BCUT2D eigenvalue weighted by Gasteiger charge is -2.06. The molecule has 0 N–H and O–H groups in total. The SMILES string of the molecule is CC.COC(=O)C1CC1(C)C(=O)OC. The number of carbonyl (C=O) groups excluding carboxylic acids is 2. The summed E-state index contributed by atoms with van der Waals surface area (Å²) in [7, 11) is 2.64. The van der Waals surface area contributed by atoms with E-state index in [-0.39, 0.29) is 17.9 Å². The highest BCUT2D eigenvalue weighted by Gasteiger charge is 2.61. The Hall–Kier alpha value is -1.06. The number of hydrogen-bond donors (Lipinski definition) is 0. The van der Waals surface area contributed by atoms with Crippen molar-refractivity contribution in [1.29, 1.82) is 0 Å². The second kappa shape index (κ2) is 4.98. The first-order chi connectivity index (χ1) is 6.56. The van der Waals surface area contributed by atoms with Crippen molar-refractivity contribution in [2.24, 2.45) is 11.3 Å². The van der Waals surface area contributed by atoms with Crippen molar-refractivity contribution in [3.05, 3.63) is 0 Å². The van der Waals surface area contributed by atoms with E-state index >= 15 is 0 Å². The van der Waals surface area contributed by atoms with Crippen molar-refractivity contribution >= 4 is 11.9 Å². The molecule has 14 heavy (non-hydrogen) atoms. The van der Waals surface area contributed by atoms with Crippen molar-refractivity contribution in [3.63, 3.8) is 0 Å². The van der Waals surface area contributed by atoms with Gasteiger partial charge in [-0.15, -0.1) is 0 Å². The smallest absolute Gasteiger partial charge is 0.312 e. The molecule has 4 nitrogen and oxygen atoms in total. The number of esters is 2. The number of rotatable bonds is 2. The number of hydrogen-bond acceptors (Lipinski definition) is 4. The summed E-state index contributed by atoms with van der Waals surface area (Å²) < 4.78 is 9.07. The first-order valence-electron chi connectivity index (χ1n) is 4.72. The number of methoxy groups -OCH3 is 2. The van der Waals surface area contributed by atoms with Crippen LogP contribution in [-0.4, -0.2) is 26.2 Å². The maximum atomic E-state index is 11.1. The molecular weight excluding hydrogens is 184 g/mol. The van der Waals surface area contributed by atoms with Crippen molar-refractivity contribution in [1.82, 2.24) is 0 Å². The van der Waals surface area contributed by atoms with Crippen LogP contribution in [0.4, 0.5) is 0 Å². The van der Waals surface area contributed by atoms with Crippen LogP contribution in [0, 0.1) is 11.3 Å². The van der Waals surface area contributed by atoms with Gasteiger partial charge in [-0.1, -0.05) is 13.8 Å². The molecule has 0 spiro atoms. The van der Waals surface area contributed by atoms with Crippen LogP contribution in [-0.2, 0) is 19.1 Å². The van der Waals surface area contributed by atoms with Gasteiger partial charge in [0, 0.05) is 0 Å². The Morgan fingerprint density at radius 2 is 1.71 bits per heavy atom. The predicted octanol–water partition coefficient (Wildman–Crippen LogP) is 1.38. The van der Waals surface area contributed by atoms with E-state index < -0.39 is 5.41 Å². The normalized spacial score (nSPS) is 28.2. The highest BCUT2D eigenvalue weighted by atomic mass is 16.5. The van der Waals surface area contributed by atoms with Crippen LogP contribution in [0.5, 0.6) is 0 Å².